The Labute approximate surface area is 132 Å². The molecule has 2 aromatic heterocycles. The molecule has 1 amide bonds. The molecule has 118 valence electrons. The van der Waals surface area contributed by atoms with Gasteiger partial charge in [0.05, 0.1) is 4.88 Å². The molecule has 4 nitrogen and oxygen atoms in total. The van der Waals surface area contributed by atoms with Crippen LogP contribution < -0.4 is 5.32 Å². The molecule has 0 aliphatic heterocycles. The lowest BCUT2D eigenvalue weighted by atomic mass is 10.1. The van der Waals surface area contributed by atoms with Crippen LogP contribution in [0.2, 0.25) is 0 Å². The van der Waals surface area contributed by atoms with Crippen molar-refractivity contribution in [3.8, 4) is 22.0 Å². The quantitative estimate of drug-likeness (QED) is 0.761. The van der Waals surface area contributed by atoms with Gasteiger partial charge in [-0.15, -0.1) is 11.3 Å². The summed E-state index contributed by atoms with van der Waals surface area (Å²) in [5.41, 5.74) is 0.683. The summed E-state index contributed by atoms with van der Waals surface area (Å²) >= 11 is 1.33. The molecule has 0 fully saturated rings. The molecule has 0 unspecified atom stereocenters. The zero-order valence-electron chi connectivity index (χ0n) is 11.4. The SMILES string of the molecule is O=C(Nc1oc(-c2cccs2)nc1-c1ccccc1)C(F)(F)F. The van der Waals surface area contributed by atoms with E-state index >= 15 is 0 Å². The summed E-state index contributed by atoms with van der Waals surface area (Å²) in [4.78, 5) is 16.1. The lowest BCUT2D eigenvalue weighted by molar-refractivity contribution is -0.167. The molecule has 23 heavy (non-hydrogen) atoms. The normalized spacial score (nSPS) is 11.4. The second kappa shape index (κ2) is 5.88. The minimum absolute atomic E-state index is 0.145. The van der Waals surface area contributed by atoms with Crippen molar-refractivity contribution < 1.29 is 22.4 Å². The van der Waals surface area contributed by atoms with Crippen molar-refractivity contribution in [3.63, 3.8) is 0 Å². The maximum atomic E-state index is 12.5. The van der Waals surface area contributed by atoms with Crippen molar-refractivity contribution >= 4 is 23.1 Å². The fourth-order valence-corrected chi connectivity index (χ4v) is 2.53. The van der Waals surface area contributed by atoms with E-state index in [1.165, 1.54) is 11.3 Å². The van der Waals surface area contributed by atoms with Crippen molar-refractivity contribution in [1.82, 2.24) is 4.98 Å². The molecule has 0 aliphatic rings. The number of thiophene rings is 1. The van der Waals surface area contributed by atoms with Gasteiger partial charge >= 0.3 is 12.1 Å². The molecule has 0 spiro atoms. The number of carbonyl (C=O) groups is 1. The number of amides is 1. The van der Waals surface area contributed by atoms with Gasteiger partial charge in [-0.25, -0.2) is 4.98 Å². The summed E-state index contributed by atoms with van der Waals surface area (Å²) in [5, 5.41) is 3.53. The number of halogens is 3. The van der Waals surface area contributed by atoms with Gasteiger partial charge in [0.2, 0.25) is 11.8 Å². The first-order chi connectivity index (χ1) is 10.9. The lowest BCUT2D eigenvalue weighted by Gasteiger charge is -2.06. The van der Waals surface area contributed by atoms with Crippen LogP contribution in [0.5, 0.6) is 0 Å². The van der Waals surface area contributed by atoms with Crippen molar-refractivity contribution in [2.24, 2.45) is 0 Å². The molecule has 0 radical (unpaired) electrons. The van der Waals surface area contributed by atoms with Crippen molar-refractivity contribution in [1.29, 1.82) is 0 Å². The highest BCUT2D eigenvalue weighted by Crippen LogP contribution is 2.35. The van der Waals surface area contributed by atoms with E-state index in [0.717, 1.165) is 0 Å². The number of nitrogens with one attached hydrogen (secondary N) is 1. The summed E-state index contributed by atoms with van der Waals surface area (Å²) < 4.78 is 42.8. The highest BCUT2D eigenvalue weighted by molar-refractivity contribution is 7.13. The van der Waals surface area contributed by atoms with Crippen molar-refractivity contribution in [2.75, 3.05) is 5.32 Å². The third-order valence-corrected chi connectivity index (χ3v) is 3.75. The molecular weight excluding hydrogens is 329 g/mol. The van der Waals surface area contributed by atoms with E-state index in [-0.39, 0.29) is 17.5 Å². The predicted octanol–water partition coefficient (Wildman–Crippen LogP) is 4.57. The van der Waals surface area contributed by atoms with Gasteiger partial charge in [0.1, 0.15) is 5.69 Å². The van der Waals surface area contributed by atoms with Crippen LogP contribution >= 0.6 is 11.3 Å². The molecule has 0 atom stereocenters. The van der Waals surface area contributed by atoms with Gasteiger partial charge in [-0.1, -0.05) is 36.4 Å². The number of nitrogens with zero attached hydrogens (tertiary/aromatic N) is 1. The second-order valence-corrected chi connectivity index (χ2v) is 5.44. The summed E-state index contributed by atoms with van der Waals surface area (Å²) in [7, 11) is 0. The maximum absolute atomic E-state index is 12.5. The molecule has 3 rings (SSSR count). The van der Waals surface area contributed by atoms with Crippen LogP contribution in [0.3, 0.4) is 0 Å². The molecule has 2 heterocycles. The van der Waals surface area contributed by atoms with Crippen LogP contribution in [-0.2, 0) is 4.79 Å². The molecule has 0 bridgehead atoms. The molecule has 0 saturated carbocycles. The fraction of sp³-hybridized carbons (Fsp3) is 0.0667. The summed E-state index contributed by atoms with van der Waals surface area (Å²) in [6.45, 7) is 0. The van der Waals surface area contributed by atoms with E-state index < -0.39 is 12.1 Å². The Kier molecular flexibility index (Phi) is 3.91. The van der Waals surface area contributed by atoms with Gasteiger partial charge in [-0.05, 0) is 11.4 Å². The highest BCUT2D eigenvalue weighted by Gasteiger charge is 2.40. The van der Waals surface area contributed by atoms with Gasteiger partial charge in [-0.2, -0.15) is 13.2 Å². The Hall–Kier alpha value is -2.61. The molecular formula is C15H9F3N2O2S. The summed E-state index contributed by atoms with van der Waals surface area (Å²) in [5.74, 6) is -2.29. The number of rotatable bonds is 3. The van der Waals surface area contributed by atoms with Crippen LogP contribution in [-0.4, -0.2) is 17.1 Å². The number of benzene rings is 1. The number of hydrogen-bond acceptors (Lipinski definition) is 4. The van der Waals surface area contributed by atoms with E-state index in [2.05, 4.69) is 4.98 Å². The average molecular weight is 338 g/mol. The molecule has 1 aromatic carbocycles. The zero-order valence-corrected chi connectivity index (χ0v) is 12.2. The fourth-order valence-electron chi connectivity index (χ4n) is 1.88. The van der Waals surface area contributed by atoms with E-state index in [1.54, 1.807) is 53.2 Å². The number of aromatic nitrogens is 1. The first-order valence-corrected chi connectivity index (χ1v) is 7.31. The number of alkyl halides is 3. The second-order valence-electron chi connectivity index (χ2n) is 4.49. The van der Waals surface area contributed by atoms with Gasteiger partial charge in [0.25, 0.3) is 0 Å². The number of oxazole rings is 1. The van der Waals surface area contributed by atoms with Gasteiger partial charge in [-0.3, -0.25) is 10.1 Å². The van der Waals surface area contributed by atoms with Crippen LogP contribution in [0.15, 0.2) is 52.3 Å². The van der Waals surface area contributed by atoms with Gasteiger partial charge in [0, 0.05) is 5.56 Å². The molecule has 3 aromatic rings. The zero-order chi connectivity index (χ0) is 16.4. The maximum Gasteiger partial charge on any atom is 0.471 e. The van der Waals surface area contributed by atoms with Crippen LogP contribution in [0.25, 0.3) is 22.0 Å². The number of hydrogen-bond donors (Lipinski definition) is 1. The number of anilines is 1. The largest absolute Gasteiger partial charge is 0.471 e. The Morgan fingerprint density at radius 2 is 1.87 bits per heavy atom. The molecule has 8 heteroatoms. The van der Waals surface area contributed by atoms with Crippen LogP contribution in [0.1, 0.15) is 0 Å². The minimum atomic E-state index is -5.01. The first kappa shape index (κ1) is 15.3. The smallest absolute Gasteiger partial charge is 0.419 e. The third kappa shape index (κ3) is 3.26. The lowest BCUT2D eigenvalue weighted by Crippen LogP contribution is -2.29. The topological polar surface area (TPSA) is 55.1 Å². The first-order valence-electron chi connectivity index (χ1n) is 6.43. The van der Waals surface area contributed by atoms with Crippen molar-refractivity contribution in [3.05, 3.63) is 47.8 Å². The molecule has 0 aliphatic carbocycles. The predicted molar refractivity (Wildman–Crippen MR) is 79.9 cm³/mol. The van der Waals surface area contributed by atoms with Gasteiger partial charge < -0.3 is 4.42 Å². The van der Waals surface area contributed by atoms with E-state index in [9.17, 15) is 18.0 Å². The summed E-state index contributed by atoms with van der Waals surface area (Å²) in [6, 6.07) is 12.0. The van der Waals surface area contributed by atoms with E-state index in [0.29, 0.717) is 10.4 Å². The Morgan fingerprint density at radius 1 is 1.13 bits per heavy atom. The standard InChI is InChI=1S/C15H9F3N2O2S/c16-15(17,18)14(21)20-13-11(9-5-2-1-3-6-9)19-12(22-13)10-7-4-8-23-10/h1-8H,(H,20,21). The molecule has 1 N–H and O–H groups in total. The van der Waals surface area contributed by atoms with Crippen molar-refractivity contribution in [2.45, 2.75) is 6.18 Å². The summed E-state index contributed by atoms with van der Waals surface area (Å²) in [6.07, 6.45) is -5.01. The van der Waals surface area contributed by atoms with Gasteiger partial charge in [0.15, 0.2) is 0 Å². The molecule has 0 saturated heterocycles. The van der Waals surface area contributed by atoms with E-state index in [1.807, 2.05) is 0 Å². The monoisotopic (exact) mass is 338 g/mol. The third-order valence-electron chi connectivity index (χ3n) is 2.89. The minimum Gasteiger partial charge on any atom is -0.419 e. The van der Waals surface area contributed by atoms with E-state index in [4.69, 9.17) is 4.42 Å². The van der Waals surface area contributed by atoms with Crippen LogP contribution in [0, 0.1) is 0 Å². The highest BCUT2D eigenvalue weighted by atomic mass is 32.1. The Bertz CT molecular complexity index is 811. The Balaban J connectivity index is 2.04. The average Bonchev–Trinajstić information content (AvgIpc) is 3.16. The van der Waals surface area contributed by atoms with Crippen LogP contribution in [0.4, 0.5) is 19.1 Å². The number of carbonyl (C=O) groups excluding carboxylic acids is 1. The Morgan fingerprint density at radius 3 is 2.48 bits per heavy atom.